The van der Waals surface area contributed by atoms with Gasteiger partial charge in [-0.2, -0.15) is 0 Å². The monoisotopic (exact) mass is 716 g/mol. The van der Waals surface area contributed by atoms with E-state index in [2.05, 4.69) is 59.5 Å². The maximum atomic E-state index is 12.9. The summed E-state index contributed by atoms with van der Waals surface area (Å²) in [5.74, 6) is 5.04. The Bertz CT molecular complexity index is 2800. The van der Waals surface area contributed by atoms with Crippen molar-refractivity contribution < 1.29 is 18.8 Å². The zero-order chi connectivity index (χ0) is 37.7. The molecule has 4 aromatic heterocycles. The minimum absolute atomic E-state index is 0.0531. The minimum Gasteiger partial charge on any atom is -0.447 e. The lowest BCUT2D eigenvalue weighted by atomic mass is 9.89. The molecule has 54 heavy (non-hydrogen) atoms. The molecule has 5 heterocycles. The van der Waals surface area contributed by atoms with Gasteiger partial charge in [0.05, 0.1) is 29.2 Å². The van der Waals surface area contributed by atoms with E-state index in [0.29, 0.717) is 23.3 Å². The van der Waals surface area contributed by atoms with Crippen LogP contribution in [-0.4, -0.2) is 43.4 Å². The van der Waals surface area contributed by atoms with Gasteiger partial charge in [-0.3, -0.25) is 38.8 Å². The number of imide groups is 1. The first-order valence-electron chi connectivity index (χ1n) is 17.8. The molecule has 3 aromatic carbocycles. The molecule has 1 aliphatic heterocycles. The third kappa shape index (κ3) is 6.11. The molecule has 7 aromatic rings. The van der Waals surface area contributed by atoms with Gasteiger partial charge in [0.2, 0.25) is 11.8 Å². The van der Waals surface area contributed by atoms with Gasteiger partial charge in [0, 0.05) is 60.9 Å². The van der Waals surface area contributed by atoms with Gasteiger partial charge in [0.1, 0.15) is 11.3 Å². The fraction of sp³-hybridized carbons (Fsp3) is 0.209. The quantitative estimate of drug-likeness (QED) is 0.152. The van der Waals surface area contributed by atoms with Gasteiger partial charge in [-0.1, -0.05) is 56.2 Å². The Labute approximate surface area is 310 Å². The van der Waals surface area contributed by atoms with E-state index >= 15 is 0 Å². The summed E-state index contributed by atoms with van der Waals surface area (Å²) in [7, 11) is 3.62. The second kappa shape index (κ2) is 13.6. The molecule has 0 aliphatic carbocycles. The van der Waals surface area contributed by atoms with Crippen LogP contribution in [0, 0.1) is 11.8 Å². The number of nitrogens with zero attached hydrogens (tertiary/aromatic N) is 4. The van der Waals surface area contributed by atoms with Crippen molar-refractivity contribution in [2.75, 3.05) is 6.54 Å². The molecule has 0 radical (unpaired) electrons. The summed E-state index contributed by atoms with van der Waals surface area (Å²) in [5.41, 5.74) is 7.95. The number of hydrogen-bond donors (Lipinski definition) is 2. The number of pyridine rings is 2. The first-order valence-corrected chi connectivity index (χ1v) is 17.8. The summed E-state index contributed by atoms with van der Waals surface area (Å²) >= 11 is 0. The highest BCUT2D eigenvalue weighted by Crippen LogP contribution is 2.36. The summed E-state index contributed by atoms with van der Waals surface area (Å²) in [6.45, 7) is 4.34. The average Bonchev–Trinajstić information content (AvgIpc) is 3.70. The van der Waals surface area contributed by atoms with E-state index in [0.717, 1.165) is 55.1 Å². The normalized spacial score (nSPS) is 14.4. The number of para-hydroxylation sites is 1. The molecule has 0 bridgehead atoms. The van der Waals surface area contributed by atoms with Crippen LogP contribution < -0.4 is 16.3 Å². The highest BCUT2D eigenvalue weighted by molar-refractivity contribution is 6.03. The molecule has 8 rings (SSSR count). The predicted octanol–water partition coefficient (Wildman–Crippen LogP) is 6.33. The topological polar surface area (TPSA) is 141 Å². The molecule has 3 amide bonds. The number of hydrogen-bond acceptors (Lipinski definition) is 7. The van der Waals surface area contributed by atoms with Gasteiger partial charge in [-0.15, -0.1) is 0 Å². The van der Waals surface area contributed by atoms with E-state index < -0.39 is 5.92 Å². The zero-order valence-corrected chi connectivity index (χ0v) is 30.2. The highest BCUT2D eigenvalue weighted by atomic mass is 16.3. The number of carbonyl (C=O) groups excluding carboxylic acids is 3. The molecule has 268 valence electrons. The van der Waals surface area contributed by atoms with Crippen molar-refractivity contribution in [3.63, 3.8) is 0 Å². The lowest BCUT2D eigenvalue weighted by Crippen LogP contribution is -2.39. The van der Waals surface area contributed by atoms with E-state index in [1.165, 1.54) is 0 Å². The number of benzene rings is 3. The maximum Gasteiger partial charge on any atom is 0.328 e. The number of amides is 3. The summed E-state index contributed by atoms with van der Waals surface area (Å²) in [4.78, 5) is 58.9. The Hall–Kier alpha value is -6.80. The molecule has 1 atom stereocenters. The van der Waals surface area contributed by atoms with Crippen molar-refractivity contribution in [1.82, 2.24) is 29.7 Å². The second-order valence-corrected chi connectivity index (χ2v) is 13.9. The number of piperidine rings is 1. The zero-order valence-electron chi connectivity index (χ0n) is 30.2. The maximum absolute atomic E-state index is 12.9. The van der Waals surface area contributed by atoms with Crippen molar-refractivity contribution in [1.29, 1.82) is 0 Å². The van der Waals surface area contributed by atoms with Crippen LogP contribution in [0.4, 0.5) is 0 Å². The van der Waals surface area contributed by atoms with E-state index in [1.54, 1.807) is 34.5 Å². The fourth-order valence-electron chi connectivity index (χ4n) is 7.30. The van der Waals surface area contributed by atoms with Crippen LogP contribution in [0.15, 0.2) is 94.4 Å². The molecule has 11 nitrogen and oxygen atoms in total. The average molecular weight is 717 g/mol. The Morgan fingerprint density at radius 1 is 0.944 bits per heavy atom. The number of imidazole rings is 1. The first-order chi connectivity index (χ1) is 26.1. The van der Waals surface area contributed by atoms with Gasteiger partial charge in [-0.05, 0) is 70.7 Å². The number of furan rings is 1. The fourth-order valence-corrected chi connectivity index (χ4v) is 7.30. The molecular formula is C43H36N6O5. The van der Waals surface area contributed by atoms with Crippen molar-refractivity contribution in [2.24, 2.45) is 14.1 Å². The molecule has 0 spiro atoms. The molecule has 2 N–H and O–H groups in total. The van der Waals surface area contributed by atoms with Gasteiger partial charge >= 0.3 is 5.69 Å². The van der Waals surface area contributed by atoms with Crippen LogP contribution in [0.1, 0.15) is 65.9 Å². The highest BCUT2D eigenvalue weighted by Gasteiger charge is 2.30. The Kier molecular flexibility index (Phi) is 8.66. The van der Waals surface area contributed by atoms with Crippen LogP contribution in [0.2, 0.25) is 0 Å². The number of rotatable bonds is 6. The van der Waals surface area contributed by atoms with Crippen molar-refractivity contribution in [2.45, 2.75) is 38.5 Å². The Morgan fingerprint density at radius 2 is 1.76 bits per heavy atom. The number of carbonyl (C=O) groups is 3. The smallest absolute Gasteiger partial charge is 0.328 e. The summed E-state index contributed by atoms with van der Waals surface area (Å²) in [6, 6.07) is 23.2. The first kappa shape index (κ1) is 34.3. The summed E-state index contributed by atoms with van der Waals surface area (Å²) in [6.07, 6.45) is 4.19. The second-order valence-electron chi connectivity index (χ2n) is 13.9. The third-order valence-electron chi connectivity index (χ3n) is 10.1. The van der Waals surface area contributed by atoms with Gasteiger partial charge in [0.15, 0.2) is 5.76 Å². The lowest BCUT2D eigenvalue weighted by Gasteiger charge is -2.21. The molecule has 1 unspecified atom stereocenters. The van der Waals surface area contributed by atoms with E-state index in [1.807, 2.05) is 55.7 Å². The molecule has 1 aliphatic rings. The van der Waals surface area contributed by atoms with Crippen LogP contribution >= 0.6 is 0 Å². The van der Waals surface area contributed by atoms with E-state index in [9.17, 15) is 19.2 Å². The Balaban J connectivity index is 0.969. The Morgan fingerprint density at radius 3 is 2.54 bits per heavy atom. The van der Waals surface area contributed by atoms with Gasteiger partial charge in [0.25, 0.3) is 5.91 Å². The van der Waals surface area contributed by atoms with E-state index in [4.69, 9.17) is 9.40 Å². The standard InChI is InChI=1S/C43H36N6O5/c1-24(2)33-19-28(21-37-39(33)49(4)43(53)48(37)3)30-11-5-8-25-20-36(46-23-34(25)30)27-13-15-35(45-22-27)42(52)44-17-7-10-29-18-26-9-6-12-31(40(26)54-29)32-14-16-38(50)47-41(32)51/h5-6,8-9,11-13,15,18-24,32H,14,16-17H2,1-4H3,(H,44,52)(H,47,50,51). The number of nitrogens with one attached hydrogen (secondary N) is 2. The van der Waals surface area contributed by atoms with Crippen LogP contribution in [0.25, 0.3) is 55.2 Å². The molecule has 1 saturated heterocycles. The summed E-state index contributed by atoms with van der Waals surface area (Å²) in [5, 5.41) is 7.96. The SMILES string of the molecule is CC(C)c1cc(-c2cccc3cc(-c4ccc(C(=O)NCC#Cc5cc6cccc(C7CCC(=O)NC7=O)c6o5)nc4)ncc23)cc2c1n(C)c(=O)n2C. The largest absolute Gasteiger partial charge is 0.447 e. The van der Waals surface area contributed by atoms with Crippen LogP contribution in [0.3, 0.4) is 0 Å². The lowest BCUT2D eigenvalue weighted by molar-refractivity contribution is -0.134. The third-order valence-corrected chi connectivity index (χ3v) is 10.1. The van der Waals surface area contributed by atoms with Crippen LogP contribution in [0.5, 0.6) is 0 Å². The molecule has 0 saturated carbocycles. The van der Waals surface area contributed by atoms with Crippen molar-refractivity contribution in [3.8, 4) is 34.2 Å². The number of aromatic nitrogens is 4. The van der Waals surface area contributed by atoms with Crippen LogP contribution in [-0.2, 0) is 23.7 Å². The number of fused-ring (bicyclic) bond motifs is 3. The van der Waals surface area contributed by atoms with E-state index in [-0.39, 0.29) is 48.0 Å². The number of aryl methyl sites for hydroxylation is 2. The van der Waals surface area contributed by atoms with Crippen molar-refractivity contribution in [3.05, 3.63) is 118 Å². The minimum atomic E-state index is -0.472. The van der Waals surface area contributed by atoms with Gasteiger partial charge in [-0.25, -0.2) is 4.79 Å². The van der Waals surface area contributed by atoms with Crippen molar-refractivity contribution >= 4 is 50.5 Å². The summed E-state index contributed by atoms with van der Waals surface area (Å²) < 4.78 is 9.40. The molecule has 11 heteroatoms. The van der Waals surface area contributed by atoms with Gasteiger partial charge < -0.3 is 9.73 Å². The molecule has 1 fully saturated rings. The predicted molar refractivity (Wildman–Crippen MR) is 207 cm³/mol. The molecular weight excluding hydrogens is 681 g/mol.